The number of furan rings is 1. The van der Waals surface area contributed by atoms with E-state index in [1.807, 2.05) is 6.07 Å². The van der Waals surface area contributed by atoms with E-state index < -0.39 is 0 Å². The van der Waals surface area contributed by atoms with Gasteiger partial charge >= 0.3 is 0 Å². The van der Waals surface area contributed by atoms with Gasteiger partial charge in [0, 0.05) is 49.7 Å². The zero-order chi connectivity index (χ0) is 37.7. The molecule has 2 aromatic heterocycles. The number of hydrogen-bond donors (Lipinski definition) is 0. The summed E-state index contributed by atoms with van der Waals surface area (Å²) in [6.45, 7) is 0. The smallest absolute Gasteiger partial charge is 0.143 e. The Morgan fingerprint density at radius 2 is 0.912 bits per heavy atom. The first-order valence-corrected chi connectivity index (χ1v) is 19.4. The molecule has 0 aliphatic rings. The minimum atomic E-state index is 0.893. The van der Waals surface area contributed by atoms with E-state index in [1.54, 1.807) is 0 Å². The minimum absolute atomic E-state index is 0.893. The van der Waals surface area contributed by atoms with Gasteiger partial charge in [-0.3, -0.25) is 0 Å². The summed E-state index contributed by atoms with van der Waals surface area (Å²) < 4.78 is 9.10. The van der Waals surface area contributed by atoms with E-state index in [2.05, 4.69) is 222 Å². The second-order valence-corrected chi connectivity index (χ2v) is 14.5. The first-order chi connectivity index (χ1) is 28.3. The van der Waals surface area contributed by atoms with Crippen LogP contribution < -0.4 is 4.90 Å². The fourth-order valence-corrected chi connectivity index (χ4v) is 8.63. The highest BCUT2D eigenvalue weighted by Gasteiger charge is 2.22. The Bertz CT molecular complexity index is 3220. The molecule has 0 bridgehead atoms. The monoisotopic (exact) mass is 728 g/mol. The average Bonchev–Trinajstić information content (AvgIpc) is 3.83. The summed E-state index contributed by atoms with van der Waals surface area (Å²) in [5.74, 6) is 0. The van der Waals surface area contributed by atoms with Crippen LogP contribution in [0.15, 0.2) is 223 Å². The van der Waals surface area contributed by atoms with E-state index in [4.69, 9.17) is 4.42 Å². The molecule has 0 atom stereocenters. The summed E-state index contributed by atoms with van der Waals surface area (Å²) in [6, 6.07) is 78.1. The predicted octanol–water partition coefficient (Wildman–Crippen LogP) is 15.2. The summed E-state index contributed by atoms with van der Waals surface area (Å²) in [5.41, 5.74) is 15.3. The number of nitrogens with zero attached hydrogens (tertiary/aromatic N) is 2. The third-order valence-electron chi connectivity index (χ3n) is 11.2. The molecular formula is C54H36N2O. The van der Waals surface area contributed by atoms with Crippen LogP contribution in [0.3, 0.4) is 0 Å². The Balaban J connectivity index is 1.16. The molecule has 0 radical (unpaired) electrons. The van der Waals surface area contributed by atoms with Gasteiger partial charge in [-0.25, -0.2) is 0 Å². The molecule has 0 spiro atoms. The molecule has 3 nitrogen and oxygen atoms in total. The predicted molar refractivity (Wildman–Crippen MR) is 239 cm³/mol. The van der Waals surface area contributed by atoms with Gasteiger partial charge in [0.05, 0.1) is 16.7 Å². The number of hydrogen-bond acceptors (Lipinski definition) is 2. The molecule has 2 heterocycles. The molecule has 0 aliphatic carbocycles. The molecule has 11 rings (SSSR count). The van der Waals surface area contributed by atoms with Gasteiger partial charge in [-0.1, -0.05) is 164 Å². The zero-order valence-electron chi connectivity index (χ0n) is 31.1. The van der Waals surface area contributed by atoms with Gasteiger partial charge in [-0.15, -0.1) is 0 Å². The van der Waals surface area contributed by atoms with Crippen molar-refractivity contribution < 1.29 is 4.42 Å². The SMILES string of the molecule is c1ccc(-c2ccc(N(c3ccccc3)c3ccc4c5ccccc5n(-c5cccc(-c6cccc7c6oc6ccccc67)c5-c5ccccc5)c4c3)cc2)cc1. The third-order valence-corrected chi connectivity index (χ3v) is 11.2. The van der Waals surface area contributed by atoms with Gasteiger partial charge in [-0.05, 0) is 76.9 Å². The van der Waals surface area contributed by atoms with Crippen molar-refractivity contribution in [2.75, 3.05) is 4.90 Å². The van der Waals surface area contributed by atoms with Crippen LogP contribution in [0.1, 0.15) is 0 Å². The fourth-order valence-electron chi connectivity index (χ4n) is 8.63. The van der Waals surface area contributed by atoms with Crippen LogP contribution in [0.2, 0.25) is 0 Å². The Morgan fingerprint density at radius 1 is 0.351 bits per heavy atom. The standard InChI is InChI=1S/C54H36N2O/c1-4-16-37(17-5-1)38-30-32-41(33-31-38)55(40-20-8-3-9-21-40)42-34-35-44-43-22-10-12-27-49(43)56(51(44)36-42)50-28-15-24-46(53(50)39-18-6-2-7-19-39)48-26-14-25-47-45-23-11-13-29-52(45)57-54(47)48/h1-36H. The molecule has 0 aliphatic heterocycles. The molecule has 0 unspecified atom stereocenters. The zero-order valence-corrected chi connectivity index (χ0v) is 31.1. The number of anilines is 3. The Morgan fingerprint density at radius 3 is 1.70 bits per heavy atom. The van der Waals surface area contributed by atoms with Crippen LogP contribution in [0, 0.1) is 0 Å². The van der Waals surface area contributed by atoms with E-state index in [0.717, 1.165) is 78.0 Å². The van der Waals surface area contributed by atoms with Crippen molar-refractivity contribution >= 4 is 60.8 Å². The molecule has 0 saturated carbocycles. The summed E-state index contributed by atoms with van der Waals surface area (Å²) in [4.78, 5) is 2.35. The summed E-state index contributed by atoms with van der Waals surface area (Å²) in [6.07, 6.45) is 0. The Kier molecular flexibility index (Phi) is 7.82. The van der Waals surface area contributed by atoms with Crippen LogP contribution in [-0.4, -0.2) is 4.57 Å². The van der Waals surface area contributed by atoms with Crippen LogP contribution >= 0.6 is 0 Å². The first-order valence-electron chi connectivity index (χ1n) is 19.4. The second-order valence-electron chi connectivity index (χ2n) is 14.5. The van der Waals surface area contributed by atoms with Crippen molar-refractivity contribution in [1.29, 1.82) is 0 Å². The molecular weight excluding hydrogens is 693 g/mol. The van der Waals surface area contributed by atoms with Crippen molar-refractivity contribution in [2.24, 2.45) is 0 Å². The molecule has 268 valence electrons. The van der Waals surface area contributed by atoms with E-state index >= 15 is 0 Å². The average molecular weight is 729 g/mol. The molecule has 0 amide bonds. The maximum absolute atomic E-state index is 6.65. The topological polar surface area (TPSA) is 21.3 Å². The van der Waals surface area contributed by atoms with Crippen molar-refractivity contribution in [2.45, 2.75) is 0 Å². The lowest BCUT2D eigenvalue weighted by Crippen LogP contribution is -2.10. The molecule has 3 heteroatoms. The normalized spacial score (nSPS) is 11.5. The minimum Gasteiger partial charge on any atom is -0.455 e. The van der Waals surface area contributed by atoms with Crippen LogP contribution in [0.25, 0.3) is 82.8 Å². The van der Waals surface area contributed by atoms with Gasteiger partial charge < -0.3 is 13.9 Å². The van der Waals surface area contributed by atoms with E-state index in [1.165, 1.54) is 21.9 Å². The Hall–Kier alpha value is -7.62. The van der Waals surface area contributed by atoms with Crippen molar-refractivity contribution in [1.82, 2.24) is 4.57 Å². The molecule has 9 aromatic carbocycles. The highest BCUT2D eigenvalue weighted by Crippen LogP contribution is 2.45. The van der Waals surface area contributed by atoms with Crippen molar-refractivity contribution in [3.05, 3.63) is 218 Å². The van der Waals surface area contributed by atoms with E-state index in [0.29, 0.717) is 0 Å². The first kappa shape index (κ1) is 32.8. The fraction of sp³-hybridized carbons (Fsp3) is 0. The van der Waals surface area contributed by atoms with Crippen LogP contribution in [-0.2, 0) is 0 Å². The largest absolute Gasteiger partial charge is 0.455 e. The second kappa shape index (κ2) is 13.6. The number of aromatic nitrogens is 1. The van der Waals surface area contributed by atoms with Gasteiger partial charge in [0.2, 0.25) is 0 Å². The highest BCUT2D eigenvalue weighted by molar-refractivity contribution is 6.13. The molecule has 11 aromatic rings. The lowest BCUT2D eigenvalue weighted by Gasteiger charge is -2.26. The molecule has 0 fully saturated rings. The highest BCUT2D eigenvalue weighted by atomic mass is 16.3. The van der Waals surface area contributed by atoms with E-state index in [-0.39, 0.29) is 0 Å². The number of benzene rings is 9. The Labute approximate surface area is 330 Å². The number of fused-ring (bicyclic) bond motifs is 6. The number of para-hydroxylation sites is 4. The summed E-state index contributed by atoms with van der Waals surface area (Å²) in [5, 5.41) is 4.65. The van der Waals surface area contributed by atoms with Gasteiger partial charge in [0.25, 0.3) is 0 Å². The summed E-state index contributed by atoms with van der Waals surface area (Å²) >= 11 is 0. The van der Waals surface area contributed by atoms with Crippen molar-refractivity contribution in [3.8, 4) is 39.1 Å². The third kappa shape index (κ3) is 5.51. The van der Waals surface area contributed by atoms with Gasteiger partial charge in [-0.2, -0.15) is 0 Å². The molecule has 0 N–H and O–H groups in total. The van der Waals surface area contributed by atoms with Crippen molar-refractivity contribution in [3.63, 3.8) is 0 Å². The van der Waals surface area contributed by atoms with Gasteiger partial charge in [0.1, 0.15) is 11.2 Å². The van der Waals surface area contributed by atoms with Crippen LogP contribution in [0.5, 0.6) is 0 Å². The maximum Gasteiger partial charge on any atom is 0.143 e. The summed E-state index contributed by atoms with van der Waals surface area (Å²) in [7, 11) is 0. The maximum atomic E-state index is 6.65. The van der Waals surface area contributed by atoms with E-state index in [9.17, 15) is 0 Å². The number of rotatable bonds is 7. The lowest BCUT2D eigenvalue weighted by molar-refractivity contribution is 0.670. The van der Waals surface area contributed by atoms with Gasteiger partial charge in [0.15, 0.2) is 0 Å². The molecule has 57 heavy (non-hydrogen) atoms. The quantitative estimate of drug-likeness (QED) is 0.163. The molecule has 0 saturated heterocycles. The van der Waals surface area contributed by atoms with Crippen LogP contribution in [0.4, 0.5) is 17.1 Å². The lowest BCUT2D eigenvalue weighted by atomic mass is 9.91.